The van der Waals surface area contributed by atoms with Gasteiger partial charge in [-0.3, -0.25) is 0 Å². The average molecular weight is 248 g/mol. The van der Waals surface area contributed by atoms with Crippen LogP contribution >= 0.6 is 11.6 Å². The fourth-order valence-electron chi connectivity index (χ4n) is 1.43. The molecule has 0 aromatic heterocycles. The lowest BCUT2D eigenvalue weighted by molar-refractivity contribution is 0.491. The number of rotatable bonds is 7. The van der Waals surface area contributed by atoms with Crippen molar-refractivity contribution in [2.45, 2.75) is 25.8 Å². The zero-order valence-corrected chi connectivity index (χ0v) is 9.86. The van der Waals surface area contributed by atoms with E-state index < -0.39 is 11.6 Å². The van der Waals surface area contributed by atoms with Gasteiger partial charge in [-0.15, -0.1) is 11.6 Å². The molecule has 0 radical (unpaired) electrons. The summed E-state index contributed by atoms with van der Waals surface area (Å²) in [6, 6.07) is 4.23. The molecule has 0 saturated heterocycles. The summed E-state index contributed by atoms with van der Waals surface area (Å²) in [5.41, 5.74) is 0.373. The highest BCUT2D eigenvalue weighted by Crippen LogP contribution is 2.10. The van der Waals surface area contributed by atoms with Gasteiger partial charge in [0.2, 0.25) is 0 Å². The Hall–Kier alpha value is -0.670. The summed E-state index contributed by atoms with van der Waals surface area (Å²) < 4.78 is 26.0. The van der Waals surface area contributed by atoms with Crippen LogP contribution in [0.25, 0.3) is 0 Å². The second kappa shape index (κ2) is 7.58. The number of hydrogen-bond donors (Lipinski definition) is 1. The summed E-state index contributed by atoms with van der Waals surface area (Å²) in [4.78, 5) is 0. The van der Waals surface area contributed by atoms with E-state index in [2.05, 4.69) is 5.32 Å². The molecule has 90 valence electrons. The molecule has 0 spiro atoms. The lowest BCUT2D eigenvalue weighted by Gasteiger charge is -2.06. The Morgan fingerprint density at radius 2 is 1.94 bits per heavy atom. The highest BCUT2D eigenvalue weighted by Gasteiger charge is 2.06. The minimum absolute atomic E-state index is 0.366. The van der Waals surface area contributed by atoms with Gasteiger partial charge in [0.25, 0.3) is 0 Å². The average Bonchev–Trinajstić information content (AvgIpc) is 2.29. The van der Waals surface area contributed by atoms with Crippen LogP contribution in [0.15, 0.2) is 18.2 Å². The summed E-state index contributed by atoms with van der Waals surface area (Å²) in [7, 11) is 0. The fraction of sp³-hybridized carbons (Fsp3) is 0.500. The topological polar surface area (TPSA) is 12.0 Å². The van der Waals surface area contributed by atoms with Gasteiger partial charge in [0.05, 0.1) is 0 Å². The maximum atomic E-state index is 13.2. The van der Waals surface area contributed by atoms with Crippen LogP contribution in [0.1, 0.15) is 24.8 Å². The van der Waals surface area contributed by atoms with Crippen molar-refractivity contribution in [3.63, 3.8) is 0 Å². The Balaban J connectivity index is 2.24. The van der Waals surface area contributed by atoms with Crippen molar-refractivity contribution in [1.29, 1.82) is 0 Å². The van der Waals surface area contributed by atoms with Gasteiger partial charge in [-0.25, -0.2) is 8.78 Å². The van der Waals surface area contributed by atoms with E-state index in [1.807, 2.05) is 0 Å². The quantitative estimate of drug-likeness (QED) is 0.575. The third-order valence-corrected chi connectivity index (χ3v) is 2.60. The number of nitrogens with one attached hydrogen (secondary N) is 1. The second-order valence-corrected chi connectivity index (χ2v) is 4.02. The number of halogens is 3. The molecule has 1 N–H and O–H groups in total. The number of alkyl halides is 1. The smallest absolute Gasteiger partial charge is 0.163 e. The molecular formula is C12H16ClF2N. The standard InChI is InChI=1S/C12H16ClF2N/c13-7-2-1-3-8-16-9-10-5-4-6-11(14)12(10)15/h4-6,16H,1-3,7-9H2. The molecule has 0 fully saturated rings. The number of benzene rings is 1. The maximum Gasteiger partial charge on any atom is 0.163 e. The van der Waals surface area contributed by atoms with Crippen molar-refractivity contribution in [3.05, 3.63) is 35.4 Å². The van der Waals surface area contributed by atoms with Gasteiger partial charge in [0.1, 0.15) is 0 Å². The van der Waals surface area contributed by atoms with E-state index in [4.69, 9.17) is 11.6 Å². The Morgan fingerprint density at radius 3 is 2.69 bits per heavy atom. The van der Waals surface area contributed by atoms with Crippen molar-refractivity contribution >= 4 is 11.6 Å². The SMILES string of the molecule is Fc1cccc(CNCCCCCCl)c1F. The monoisotopic (exact) mass is 247 g/mol. The van der Waals surface area contributed by atoms with Crippen LogP contribution in [0, 0.1) is 11.6 Å². The zero-order valence-electron chi connectivity index (χ0n) is 9.11. The maximum absolute atomic E-state index is 13.2. The minimum Gasteiger partial charge on any atom is -0.313 e. The molecule has 0 heterocycles. The van der Waals surface area contributed by atoms with Crippen LogP contribution in [0.4, 0.5) is 8.78 Å². The zero-order chi connectivity index (χ0) is 11.8. The Kier molecular flexibility index (Phi) is 6.34. The van der Waals surface area contributed by atoms with Crippen LogP contribution in [0.5, 0.6) is 0 Å². The largest absolute Gasteiger partial charge is 0.313 e. The van der Waals surface area contributed by atoms with E-state index in [1.165, 1.54) is 6.07 Å². The molecule has 0 unspecified atom stereocenters. The molecular weight excluding hydrogens is 232 g/mol. The summed E-state index contributed by atoms with van der Waals surface area (Å²) in [5, 5.41) is 3.08. The van der Waals surface area contributed by atoms with Gasteiger partial charge < -0.3 is 5.32 Å². The minimum atomic E-state index is -0.790. The third kappa shape index (κ3) is 4.45. The van der Waals surface area contributed by atoms with Crippen molar-refractivity contribution in [3.8, 4) is 0 Å². The van der Waals surface area contributed by atoms with Gasteiger partial charge >= 0.3 is 0 Å². The molecule has 4 heteroatoms. The summed E-state index contributed by atoms with van der Waals surface area (Å²) in [5.74, 6) is -0.865. The third-order valence-electron chi connectivity index (χ3n) is 2.33. The van der Waals surface area contributed by atoms with E-state index >= 15 is 0 Å². The van der Waals surface area contributed by atoms with E-state index in [9.17, 15) is 8.78 Å². The molecule has 0 aliphatic carbocycles. The van der Waals surface area contributed by atoms with Gasteiger partial charge in [0.15, 0.2) is 11.6 Å². The lowest BCUT2D eigenvalue weighted by atomic mass is 10.2. The lowest BCUT2D eigenvalue weighted by Crippen LogP contribution is -2.16. The van der Waals surface area contributed by atoms with Gasteiger partial charge in [-0.1, -0.05) is 18.6 Å². The van der Waals surface area contributed by atoms with E-state index in [1.54, 1.807) is 6.07 Å². The molecule has 1 aromatic rings. The van der Waals surface area contributed by atoms with E-state index in [0.29, 0.717) is 18.0 Å². The Labute approximate surface area is 99.8 Å². The predicted molar refractivity (Wildman–Crippen MR) is 62.6 cm³/mol. The van der Waals surface area contributed by atoms with Gasteiger partial charge in [0, 0.05) is 18.0 Å². The summed E-state index contributed by atoms with van der Waals surface area (Å²) >= 11 is 5.54. The molecule has 16 heavy (non-hydrogen) atoms. The van der Waals surface area contributed by atoms with Crippen LogP contribution in [-0.4, -0.2) is 12.4 Å². The summed E-state index contributed by atoms with van der Waals surface area (Å²) in [6.07, 6.45) is 3.06. The molecule has 0 bridgehead atoms. The summed E-state index contributed by atoms with van der Waals surface area (Å²) in [6.45, 7) is 1.16. The van der Waals surface area contributed by atoms with E-state index in [-0.39, 0.29) is 0 Å². The van der Waals surface area contributed by atoms with Crippen LogP contribution in [-0.2, 0) is 6.54 Å². The second-order valence-electron chi connectivity index (χ2n) is 3.64. The molecule has 0 aliphatic heterocycles. The first kappa shape index (κ1) is 13.4. The highest BCUT2D eigenvalue weighted by molar-refractivity contribution is 6.17. The molecule has 1 rings (SSSR count). The Bertz CT molecular complexity index is 318. The molecule has 0 atom stereocenters. The van der Waals surface area contributed by atoms with Crippen LogP contribution in [0.3, 0.4) is 0 Å². The van der Waals surface area contributed by atoms with Crippen molar-refractivity contribution < 1.29 is 8.78 Å². The van der Waals surface area contributed by atoms with Gasteiger partial charge in [-0.05, 0) is 25.5 Å². The molecule has 0 aliphatic rings. The van der Waals surface area contributed by atoms with Crippen molar-refractivity contribution in [1.82, 2.24) is 5.32 Å². The van der Waals surface area contributed by atoms with Crippen LogP contribution in [0.2, 0.25) is 0 Å². The van der Waals surface area contributed by atoms with Crippen molar-refractivity contribution in [2.24, 2.45) is 0 Å². The molecule has 0 saturated carbocycles. The molecule has 0 amide bonds. The predicted octanol–water partition coefficient (Wildman–Crippen LogP) is 3.46. The number of unbranched alkanes of at least 4 members (excludes halogenated alkanes) is 2. The van der Waals surface area contributed by atoms with Gasteiger partial charge in [-0.2, -0.15) is 0 Å². The van der Waals surface area contributed by atoms with Crippen molar-refractivity contribution in [2.75, 3.05) is 12.4 Å². The molecule has 1 aromatic carbocycles. The first-order valence-electron chi connectivity index (χ1n) is 5.45. The normalized spacial score (nSPS) is 10.7. The fourth-order valence-corrected chi connectivity index (χ4v) is 1.62. The molecule has 1 nitrogen and oxygen atoms in total. The van der Waals surface area contributed by atoms with E-state index in [0.717, 1.165) is 31.9 Å². The first-order chi connectivity index (χ1) is 7.75. The Morgan fingerprint density at radius 1 is 1.12 bits per heavy atom. The van der Waals surface area contributed by atoms with Crippen LogP contribution < -0.4 is 5.32 Å². The first-order valence-corrected chi connectivity index (χ1v) is 5.98. The number of hydrogen-bond acceptors (Lipinski definition) is 1. The highest BCUT2D eigenvalue weighted by atomic mass is 35.5.